The number of fused-ring (bicyclic) bond motifs is 1. The molecule has 31 heavy (non-hydrogen) atoms. The number of benzene rings is 3. The monoisotopic (exact) mass is 436 g/mol. The molecule has 6 nitrogen and oxygen atoms in total. The molecule has 1 aliphatic heterocycles. The molecule has 3 aromatic carbocycles. The number of methoxy groups -OCH3 is 1. The third-order valence-corrected chi connectivity index (χ3v) is 7.37. The van der Waals surface area contributed by atoms with Crippen molar-refractivity contribution in [1.82, 2.24) is 4.90 Å². The van der Waals surface area contributed by atoms with Gasteiger partial charge in [0.2, 0.25) is 0 Å². The quantitative estimate of drug-likeness (QED) is 0.611. The third-order valence-electron chi connectivity index (χ3n) is 5.59. The molecule has 0 saturated carbocycles. The Morgan fingerprint density at radius 3 is 2.39 bits per heavy atom. The second-order valence-electron chi connectivity index (χ2n) is 7.44. The van der Waals surface area contributed by atoms with Crippen LogP contribution in [0.2, 0.25) is 0 Å². The maximum Gasteiger partial charge on any atom is 0.264 e. The minimum Gasteiger partial charge on any atom is -0.497 e. The number of hydrogen-bond donors (Lipinski definition) is 0. The predicted molar refractivity (Wildman–Crippen MR) is 120 cm³/mol. The van der Waals surface area contributed by atoms with Crippen LogP contribution >= 0.6 is 0 Å². The minimum absolute atomic E-state index is 0.0778. The summed E-state index contributed by atoms with van der Waals surface area (Å²) >= 11 is 0. The normalized spacial score (nSPS) is 13.4. The first-order chi connectivity index (χ1) is 14.9. The Kier molecular flexibility index (Phi) is 5.69. The maximum atomic E-state index is 13.2. The number of ether oxygens (including phenoxy) is 1. The van der Waals surface area contributed by atoms with Gasteiger partial charge in [-0.15, -0.1) is 0 Å². The van der Waals surface area contributed by atoms with Crippen LogP contribution in [0.4, 0.5) is 5.69 Å². The van der Waals surface area contributed by atoms with Crippen LogP contribution < -0.4 is 9.04 Å². The molecule has 0 aliphatic carbocycles. The molecule has 0 unspecified atom stereocenters. The lowest BCUT2D eigenvalue weighted by atomic mass is 9.99. The lowest BCUT2D eigenvalue weighted by Crippen LogP contribution is -2.36. The maximum absolute atomic E-state index is 13.2. The Labute approximate surface area is 182 Å². The predicted octanol–water partition coefficient (Wildman–Crippen LogP) is 3.72. The van der Waals surface area contributed by atoms with Crippen LogP contribution in [0.3, 0.4) is 0 Å². The molecule has 160 valence electrons. The van der Waals surface area contributed by atoms with Crippen LogP contribution in [0, 0.1) is 0 Å². The first-order valence-corrected chi connectivity index (χ1v) is 11.4. The molecule has 0 fully saturated rings. The van der Waals surface area contributed by atoms with Gasteiger partial charge in [0.05, 0.1) is 17.7 Å². The smallest absolute Gasteiger partial charge is 0.264 e. The molecule has 0 radical (unpaired) electrons. The summed E-state index contributed by atoms with van der Waals surface area (Å²) in [5, 5.41) is 0. The van der Waals surface area contributed by atoms with E-state index in [2.05, 4.69) is 6.07 Å². The van der Waals surface area contributed by atoms with Gasteiger partial charge in [-0.05, 0) is 60.0 Å². The van der Waals surface area contributed by atoms with Gasteiger partial charge >= 0.3 is 0 Å². The van der Waals surface area contributed by atoms with Gasteiger partial charge in [-0.2, -0.15) is 0 Å². The van der Waals surface area contributed by atoms with E-state index < -0.39 is 10.0 Å². The van der Waals surface area contributed by atoms with E-state index in [1.54, 1.807) is 48.4 Å². The standard InChI is InChI=1S/C24H24N2O4S/c1-25(21-10-12-22(30-2)13-11-21)31(28,29)23-9-5-8-19(16-23)24(27)26-15-14-18-6-3-4-7-20(18)17-26/h3-13,16H,14-15,17H2,1-2H3. The van der Waals surface area contributed by atoms with Gasteiger partial charge in [0.25, 0.3) is 15.9 Å². The molecule has 0 aromatic heterocycles. The van der Waals surface area contributed by atoms with Crippen molar-refractivity contribution in [2.75, 3.05) is 25.0 Å². The zero-order valence-corrected chi connectivity index (χ0v) is 18.3. The highest BCUT2D eigenvalue weighted by Crippen LogP contribution is 2.26. The summed E-state index contributed by atoms with van der Waals surface area (Å²) in [6.07, 6.45) is 0.792. The Morgan fingerprint density at radius 1 is 0.968 bits per heavy atom. The van der Waals surface area contributed by atoms with Crippen molar-refractivity contribution in [3.05, 3.63) is 89.5 Å². The van der Waals surface area contributed by atoms with Crippen LogP contribution in [0.1, 0.15) is 21.5 Å². The van der Waals surface area contributed by atoms with E-state index >= 15 is 0 Å². The average molecular weight is 437 g/mol. The summed E-state index contributed by atoms with van der Waals surface area (Å²) in [4.78, 5) is 14.9. The average Bonchev–Trinajstić information content (AvgIpc) is 2.83. The van der Waals surface area contributed by atoms with Crippen LogP contribution in [0.15, 0.2) is 77.7 Å². The SMILES string of the molecule is COc1ccc(N(C)S(=O)(=O)c2cccc(C(=O)N3CCc4ccccc4C3)c2)cc1. The zero-order valence-electron chi connectivity index (χ0n) is 17.5. The van der Waals surface area contributed by atoms with Crippen molar-refractivity contribution in [3.63, 3.8) is 0 Å². The Bertz CT molecular complexity index is 1210. The lowest BCUT2D eigenvalue weighted by molar-refractivity contribution is 0.0734. The highest BCUT2D eigenvalue weighted by molar-refractivity contribution is 7.92. The number of amides is 1. The summed E-state index contributed by atoms with van der Waals surface area (Å²) in [6.45, 7) is 1.14. The largest absolute Gasteiger partial charge is 0.497 e. The molecule has 0 atom stereocenters. The van der Waals surface area contributed by atoms with Crippen molar-refractivity contribution >= 4 is 21.6 Å². The number of sulfonamides is 1. The third kappa shape index (κ3) is 4.14. The summed E-state index contributed by atoms with van der Waals surface area (Å²) < 4.78 is 32.7. The number of carbonyl (C=O) groups excluding carboxylic acids is 1. The number of anilines is 1. The summed E-state index contributed by atoms with van der Waals surface area (Å²) in [5.41, 5.74) is 3.25. The van der Waals surface area contributed by atoms with Crippen LogP contribution in [-0.4, -0.2) is 39.9 Å². The molecule has 4 rings (SSSR count). The minimum atomic E-state index is -3.83. The molecule has 1 aliphatic rings. The van der Waals surface area contributed by atoms with E-state index in [0.717, 1.165) is 12.0 Å². The van der Waals surface area contributed by atoms with Gasteiger partial charge < -0.3 is 9.64 Å². The molecule has 0 bridgehead atoms. The molecule has 3 aromatic rings. The second-order valence-corrected chi connectivity index (χ2v) is 9.41. The molecular weight excluding hydrogens is 412 g/mol. The number of hydrogen-bond acceptors (Lipinski definition) is 4. The fourth-order valence-electron chi connectivity index (χ4n) is 3.73. The van der Waals surface area contributed by atoms with Crippen molar-refractivity contribution in [2.24, 2.45) is 0 Å². The molecule has 1 amide bonds. The Hall–Kier alpha value is -3.32. The lowest BCUT2D eigenvalue weighted by Gasteiger charge is -2.29. The Balaban J connectivity index is 1.58. The summed E-state index contributed by atoms with van der Waals surface area (Å²) in [7, 11) is -0.777. The second kappa shape index (κ2) is 8.43. The van der Waals surface area contributed by atoms with Crippen LogP contribution in [0.25, 0.3) is 0 Å². The van der Waals surface area contributed by atoms with Gasteiger partial charge in [0, 0.05) is 25.7 Å². The van der Waals surface area contributed by atoms with Gasteiger partial charge in [-0.3, -0.25) is 9.10 Å². The first kappa shape index (κ1) is 20.9. The summed E-state index contributed by atoms with van der Waals surface area (Å²) in [5.74, 6) is 0.476. The summed E-state index contributed by atoms with van der Waals surface area (Å²) in [6, 6.07) is 21.1. The topological polar surface area (TPSA) is 66.9 Å². The molecular formula is C24H24N2O4S. The van der Waals surface area contributed by atoms with Gasteiger partial charge in [-0.1, -0.05) is 30.3 Å². The fourth-order valence-corrected chi connectivity index (χ4v) is 4.97. The highest BCUT2D eigenvalue weighted by Gasteiger charge is 2.25. The molecule has 0 spiro atoms. The fraction of sp³-hybridized carbons (Fsp3) is 0.208. The van der Waals surface area contributed by atoms with E-state index in [-0.39, 0.29) is 10.8 Å². The van der Waals surface area contributed by atoms with E-state index in [1.807, 2.05) is 18.2 Å². The van der Waals surface area contributed by atoms with Crippen molar-refractivity contribution < 1.29 is 17.9 Å². The van der Waals surface area contributed by atoms with Crippen LogP contribution in [0.5, 0.6) is 5.75 Å². The van der Waals surface area contributed by atoms with Crippen molar-refractivity contribution in [2.45, 2.75) is 17.9 Å². The zero-order chi connectivity index (χ0) is 22.0. The van der Waals surface area contributed by atoms with Crippen LogP contribution in [-0.2, 0) is 23.0 Å². The number of carbonyl (C=O) groups is 1. The van der Waals surface area contributed by atoms with E-state index in [9.17, 15) is 13.2 Å². The molecule has 0 saturated heterocycles. The van der Waals surface area contributed by atoms with Crippen molar-refractivity contribution in [1.29, 1.82) is 0 Å². The Morgan fingerprint density at radius 2 is 1.68 bits per heavy atom. The van der Waals surface area contributed by atoms with Crippen molar-refractivity contribution in [3.8, 4) is 5.75 Å². The molecule has 0 N–H and O–H groups in total. The van der Waals surface area contributed by atoms with Gasteiger partial charge in [-0.25, -0.2) is 8.42 Å². The highest BCUT2D eigenvalue weighted by atomic mass is 32.2. The molecule has 1 heterocycles. The van der Waals surface area contributed by atoms with E-state index in [0.29, 0.717) is 30.1 Å². The number of nitrogens with zero attached hydrogens (tertiary/aromatic N) is 2. The van der Waals surface area contributed by atoms with Gasteiger partial charge in [0.1, 0.15) is 5.75 Å². The first-order valence-electron chi connectivity index (χ1n) is 9.99. The number of rotatable bonds is 5. The van der Waals surface area contributed by atoms with E-state index in [4.69, 9.17) is 4.74 Å². The molecule has 7 heteroatoms. The van der Waals surface area contributed by atoms with E-state index in [1.165, 1.54) is 29.0 Å². The van der Waals surface area contributed by atoms with Gasteiger partial charge in [0.15, 0.2) is 0 Å².